The van der Waals surface area contributed by atoms with Crippen LogP contribution in [0, 0.1) is 12.8 Å². The molecule has 0 amide bonds. The number of rotatable bonds is 6. The molecule has 1 aromatic rings. The van der Waals surface area contributed by atoms with Gasteiger partial charge in [0.25, 0.3) is 0 Å². The zero-order valence-corrected chi connectivity index (χ0v) is 13.3. The van der Waals surface area contributed by atoms with Gasteiger partial charge in [-0.15, -0.1) is 0 Å². The maximum Gasteiger partial charge on any atom is 0.128 e. The molecule has 1 aliphatic carbocycles. The van der Waals surface area contributed by atoms with Gasteiger partial charge in [0.1, 0.15) is 5.82 Å². The third-order valence-corrected chi connectivity index (χ3v) is 4.68. The van der Waals surface area contributed by atoms with E-state index >= 15 is 0 Å². The molecule has 1 saturated heterocycles. The highest BCUT2D eigenvalue weighted by Crippen LogP contribution is 2.24. The molecule has 4 nitrogen and oxygen atoms in total. The molecule has 3 rings (SSSR count). The van der Waals surface area contributed by atoms with Crippen molar-refractivity contribution >= 4 is 5.82 Å². The summed E-state index contributed by atoms with van der Waals surface area (Å²) in [5.74, 6) is 1.85. The number of aromatic nitrogens is 1. The number of methoxy groups -OCH3 is 1. The van der Waals surface area contributed by atoms with Crippen LogP contribution in [0.4, 0.5) is 5.82 Å². The molecule has 1 saturated carbocycles. The van der Waals surface area contributed by atoms with Crippen LogP contribution < -0.4 is 10.2 Å². The highest BCUT2D eigenvalue weighted by molar-refractivity contribution is 5.42. The van der Waals surface area contributed by atoms with Crippen molar-refractivity contribution in [2.75, 3.05) is 31.7 Å². The van der Waals surface area contributed by atoms with Gasteiger partial charge in [0.15, 0.2) is 0 Å². The predicted octanol–water partition coefficient (Wildman–Crippen LogP) is 2.50. The van der Waals surface area contributed by atoms with Gasteiger partial charge in [-0.3, -0.25) is 0 Å². The number of nitrogens with zero attached hydrogens (tertiary/aromatic N) is 2. The molecule has 116 valence electrons. The van der Waals surface area contributed by atoms with Crippen LogP contribution in [0.2, 0.25) is 0 Å². The van der Waals surface area contributed by atoms with Crippen LogP contribution in [0.5, 0.6) is 0 Å². The Balaban J connectivity index is 1.57. The van der Waals surface area contributed by atoms with E-state index in [1.165, 1.54) is 36.9 Å². The Bertz CT molecular complexity index is 465. The van der Waals surface area contributed by atoms with E-state index in [-0.39, 0.29) is 0 Å². The van der Waals surface area contributed by atoms with Crippen LogP contribution >= 0.6 is 0 Å². The lowest BCUT2D eigenvalue weighted by Gasteiger charge is -2.32. The summed E-state index contributed by atoms with van der Waals surface area (Å²) in [4.78, 5) is 7.23. The summed E-state index contributed by atoms with van der Waals surface area (Å²) in [6, 6.07) is 5.19. The molecule has 2 aliphatic rings. The number of aryl methyl sites for hydroxylation is 1. The second-order valence-electron chi connectivity index (χ2n) is 6.45. The van der Waals surface area contributed by atoms with E-state index < -0.39 is 0 Å². The molecule has 4 heteroatoms. The molecule has 2 fully saturated rings. The molecular weight excluding hydrogens is 262 g/mol. The highest BCUT2D eigenvalue weighted by Gasteiger charge is 2.22. The minimum atomic E-state index is 0.717. The Hall–Kier alpha value is -1.13. The average Bonchev–Trinajstić information content (AvgIpc) is 3.31. The van der Waals surface area contributed by atoms with Crippen molar-refractivity contribution in [3.05, 3.63) is 23.4 Å². The number of piperidine rings is 1. The van der Waals surface area contributed by atoms with E-state index in [9.17, 15) is 0 Å². The molecule has 0 unspecified atom stereocenters. The van der Waals surface area contributed by atoms with Gasteiger partial charge in [-0.25, -0.2) is 4.98 Å². The van der Waals surface area contributed by atoms with Gasteiger partial charge in [0.2, 0.25) is 0 Å². The van der Waals surface area contributed by atoms with Gasteiger partial charge in [-0.1, -0.05) is 6.07 Å². The first-order valence-electron chi connectivity index (χ1n) is 8.20. The summed E-state index contributed by atoms with van der Waals surface area (Å²) < 4.78 is 5.27. The lowest BCUT2D eigenvalue weighted by atomic mass is 9.98. The Kier molecular flexibility index (Phi) is 4.76. The zero-order valence-electron chi connectivity index (χ0n) is 13.3. The quantitative estimate of drug-likeness (QED) is 0.873. The lowest BCUT2D eigenvalue weighted by Crippen LogP contribution is -2.35. The standard InChI is InChI=1S/C17H27N3O/c1-13-15(11-18-16-4-5-16)3-6-17(19-13)20-9-7-14(8-10-20)12-21-2/h3,6,14,16,18H,4-5,7-12H2,1-2H3. The topological polar surface area (TPSA) is 37.4 Å². The monoisotopic (exact) mass is 289 g/mol. The molecule has 0 atom stereocenters. The van der Waals surface area contributed by atoms with E-state index in [1.807, 2.05) is 0 Å². The van der Waals surface area contributed by atoms with Gasteiger partial charge in [0.05, 0.1) is 0 Å². The second-order valence-corrected chi connectivity index (χ2v) is 6.45. The number of nitrogens with one attached hydrogen (secondary N) is 1. The molecule has 0 aromatic carbocycles. The summed E-state index contributed by atoms with van der Waals surface area (Å²) in [5, 5.41) is 3.57. The highest BCUT2D eigenvalue weighted by atomic mass is 16.5. The zero-order chi connectivity index (χ0) is 14.7. The van der Waals surface area contributed by atoms with E-state index in [0.29, 0.717) is 0 Å². The first kappa shape index (κ1) is 14.8. The van der Waals surface area contributed by atoms with Crippen molar-refractivity contribution in [2.45, 2.75) is 45.2 Å². The van der Waals surface area contributed by atoms with E-state index in [1.54, 1.807) is 7.11 Å². The summed E-state index contributed by atoms with van der Waals surface area (Å²) >= 11 is 0. The molecule has 1 aliphatic heterocycles. The van der Waals surface area contributed by atoms with Gasteiger partial charge in [0, 0.05) is 45.1 Å². The lowest BCUT2D eigenvalue weighted by molar-refractivity contribution is 0.139. The number of anilines is 1. The molecule has 0 bridgehead atoms. The third kappa shape index (κ3) is 3.95. The van der Waals surface area contributed by atoms with Gasteiger partial charge >= 0.3 is 0 Å². The SMILES string of the molecule is COCC1CCN(c2ccc(CNC3CC3)c(C)n2)CC1. The van der Waals surface area contributed by atoms with Crippen molar-refractivity contribution in [1.82, 2.24) is 10.3 Å². The fourth-order valence-electron chi connectivity index (χ4n) is 3.05. The Morgan fingerprint density at radius 2 is 2.00 bits per heavy atom. The van der Waals surface area contributed by atoms with Gasteiger partial charge in [-0.05, 0) is 50.2 Å². The Morgan fingerprint density at radius 1 is 1.24 bits per heavy atom. The van der Waals surface area contributed by atoms with E-state index in [2.05, 4.69) is 29.3 Å². The van der Waals surface area contributed by atoms with Crippen LogP contribution in [-0.4, -0.2) is 37.8 Å². The normalized spacial score (nSPS) is 20.0. The van der Waals surface area contributed by atoms with Crippen molar-refractivity contribution in [3.8, 4) is 0 Å². The minimum Gasteiger partial charge on any atom is -0.384 e. The molecule has 2 heterocycles. The number of ether oxygens (including phenoxy) is 1. The first-order valence-corrected chi connectivity index (χ1v) is 8.20. The van der Waals surface area contributed by atoms with Crippen LogP contribution in [0.1, 0.15) is 36.9 Å². The molecule has 21 heavy (non-hydrogen) atoms. The fraction of sp³-hybridized carbons (Fsp3) is 0.706. The number of pyridine rings is 1. The maximum atomic E-state index is 5.27. The average molecular weight is 289 g/mol. The van der Waals surface area contributed by atoms with Gasteiger partial charge in [-0.2, -0.15) is 0 Å². The van der Waals surface area contributed by atoms with Crippen molar-refractivity contribution in [3.63, 3.8) is 0 Å². The number of hydrogen-bond acceptors (Lipinski definition) is 4. The van der Waals surface area contributed by atoms with E-state index in [0.717, 1.165) is 44.0 Å². The van der Waals surface area contributed by atoms with E-state index in [4.69, 9.17) is 9.72 Å². The molecular formula is C17H27N3O. The predicted molar refractivity (Wildman–Crippen MR) is 85.6 cm³/mol. The summed E-state index contributed by atoms with van der Waals surface area (Å²) in [5.41, 5.74) is 2.50. The van der Waals surface area contributed by atoms with Crippen molar-refractivity contribution in [2.24, 2.45) is 5.92 Å². The minimum absolute atomic E-state index is 0.717. The Labute approximate surface area is 127 Å². The Morgan fingerprint density at radius 3 is 2.62 bits per heavy atom. The summed E-state index contributed by atoms with van der Waals surface area (Å²) in [6.45, 7) is 6.18. The number of hydrogen-bond donors (Lipinski definition) is 1. The van der Waals surface area contributed by atoms with Crippen LogP contribution in [0.3, 0.4) is 0 Å². The second kappa shape index (κ2) is 6.75. The molecule has 0 radical (unpaired) electrons. The third-order valence-electron chi connectivity index (χ3n) is 4.68. The molecule has 0 spiro atoms. The molecule has 1 N–H and O–H groups in total. The fourth-order valence-corrected chi connectivity index (χ4v) is 3.05. The van der Waals surface area contributed by atoms with Gasteiger partial charge < -0.3 is 15.0 Å². The van der Waals surface area contributed by atoms with Crippen molar-refractivity contribution in [1.29, 1.82) is 0 Å². The van der Waals surface area contributed by atoms with Crippen LogP contribution in [-0.2, 0) is 11.3 Å². The maximum absolute atomic E-state index is 5.27. The summed E-state index contributed by atoms with van der Waals surface area (Å²) in [7, 11) is 1.80. The molecule has 1 aromatic heterocycles. The smallest absolute Gasteiger partial charge is 0.128 e. The van der Waals surface area contributed by atoms with Crippen LogP contribution in [0.15, 0.2) is 12.1 Å². The van der Waals surface area contributed by atoms with Crippen LogP contribution in [0.25, 0.3) is 0 Å². The first-order chi connectivity index (χ1) is 10.3. The summed E-state index contributed by atoms with van der Waals surface area (Å²) in [6.07, 6.45) is 5.08. The largest absolute Gasteiger partial charge is 0.384 e. The van der Waals surface area contributed by atoms with Crippen molar-refractivity contribution < 1.29 is 4.74 Å².